The third kappa shape index (κ3) is 7.99. The van der Waals surface area contributed by atoms with E-state index in [1.54, 1.807) is 53.8 Å². The van der Waals surface area contributed by atoms with E-state index in [0.717, 1.165) is 17.7 Å². The van der Waals surface area contributed by atoms with Crippen LogP contribution in [0, 0.1) is 5.82 Å². The Morgan fingerprint density at radius 1 is 1.00 bits per heavy atom. The Hall–Kier alpha value is -3.68. The number of anilines is 1. The summed E-state index contributed by atoms with van der Waals surface area (Å²) in [6, 6.07) is 12.8. The molecule has 2 aromatic carbocycles. The molecule has 226 valence electrons. The largest absolute Gasteiger partial charge is 0.401 e. The van der Waals surface area contributed by atoms with Gasteiger partial charge in [-0.15, -0.1) is 5.53 Å². The average Bonchev–Trinajstić information content (AvgIpc) is 3.52. The second-order valence-corrected chi connectivity index (χ2v) is 10.8. The monoisotopic (exact) mass is 589 g/mol. The highest BCUT2D eigenvalue weighted by atomic mass is 19.4. The van der Waals surface area contributed by atoms with Crippen LogP contribution in [0.5, 0.6) is 0 Å². The summed E-state index contributed by atoms with van der Waals surface area (Å²) in [6.45, 7) is 0.195. The number of hydrogen-bond acceptors (Lipinski definition) is 7. The van der Waals surface area contributed by atoms with E-state index >= 15 is 0 Å². The highest BCUT2D eigenvalue weighted by Crippen LogP contribution is 2.40. The Morgan fingerprint density at radius 3 is 2.36 bits per heavy atom. The number of nitrogens with one attached hydrogen (secondary N) is 4. The number of carbonyl (C=O) groups excluding carboxylic acids is 2. The van der Waals surface area contributed by atoms with Gasteiger partial charge >= 0.3 is 6.18 Å². The lowest BCUT2D eigenvalue weighted by molar-refractivity contribution is -0.152. The molecule has 2 amide bonds. The van der Waals surface area contributed by atoms with Gasteiger partial charge in [0.25, 0.3) is 5.91 Å². The number of hydrazine groups is 2. The smallest absolute Gasteiger partial charge is 0.340 e. The number of alkyl halides is 3. The summed E-state index contributed by atoms with van der Waals surface area (Å²) in [4.78, 5) is 29.5. The molecule has 2 aliphatic heterocycles. The molecule has 42 heavy (non-hydrogen) atoms. The minimum Gasteiger partial charge on any atom is -0.340 e. The van der Waals surface area contributed by atoms with Crippen LogP contribution in [0.25, 0.3) is 0 Å². The van der Waals surface area contributed by atoms with Crippen LogP contribution >= 0.6 is 0 Å². The van der Waals surface area contributed by atoms with Crippen LogP contribution in [-0.4, -0.2) is 79.1 Å². The summed E-state index contributed by atoms with van der Waals surface area (Å²) in [5.74, 6) is -0.636. The van der Waals surface area contributed by atoms with E-state index in [2.05, 4.69) is 21.6 Å². The van der Waals surface area contributed by atoms with E-state index in [0.29, 0.717) is 30.9 Å². The third-order valence-corrected chi connectivity index (χ3v) is 7.75. The maximum absolute atomic E-state index is 13.5. The van der Waals surface area contributed by atoms with Gasteiger partial charge in [-0.05, 0) is 67.8 Å². The number of nitrogens with zero attached hydrogens (tertiary/aromatic N) is 3. The molecule has 3 aliphatic rings. The molecule has 1 aliphatic carbocycles. The third-order valence-electron chi connectivity index (χ3n) is 7.75. The van der Waals surface area contributed by atoms with Gasteiger partial charge in [-0.1, -0.05) is 12.1 Å². The van der Waals surface area contributed by atoms with Gasteiger partial charge in [-0.2, -0.15) is 13.2 Å². The average molecular weight is 590 g/mol. The second kappa shape index (κ2) is 13.1. The van der Waals surface area contributed by atoms with Crippen molar-refractivity contribution in [2.75, 3.05) is 44.3 Å². The molecule has 0 unspecified atom stereocenters. The number of halogens is 4. The molecular weight excluding hydrogens is 554 g/mol. The van der Waals surface area contributed by atoms with Gasteiger partial charge in [-0.3, -0.25) is 19.5 Å². The predicted octanol–water partition coefficient (Wildman–Crippen LogP) is 2.86. The lowest BCUT2D eigenvalue weighted by Crippen LogP contribution is -2.56. The number of benzene rings is 2. The van der Waals surface area contributed by atoms with Gasteiger partial charge in [-0.25, -0.2) is 4.39 Å². The molecule has 0 aromatic heterocycles. The topological polar surface area (TPSA) is 92.0 Å². The Labute approximate surface area is 241 Å². The number of amides is 2. The van der Waals surface area contributed by atoms with Crippen molar-refractivity contribution in [3.05, 3.63) is 77.9 Å². The Morgan fingerprint density at radius 2 is 1.71 bits per heavy atom. The normalized spacial score (nSPS) is 21.2. The van der Waals surface area contributed by atoms with Crippen molar-refractivity contribution < 1.29 is 27.2 Å². The van der Waals surface area contributed by atoms with Crippen molar-refractivity contribution in [3.8, 4) is 0 Å². The summed E-state index contributed by atoms with van der Waals surface area (Å²) in [7, 11) is 0. The van der Waals surface area contributed by atoms with E-state index < -0.39 is 24.7 Å². The van der Waals surface area contributed by atoms with E-state index in [1.807, 2.05) is 0 Å². The summed E-state index contributed by atoms with van der Waals surface area (Å²) in [5.41, 5.74) is 8.02. The Balaban J connectivity index is 1.16. The first-order valence-corrected chi connectivity index (χ1v) is 14.1. The van der Waals surface area contributed by atoms with Crippen LogP contribution in [0.15, 0.2) is 60.9 Å². The molecule has 1 saturated carbocycles. The highest BCUT2D eigenvalue weighted by molar-refractivity contribution is 5.97. The molecule has 0 bridgehead atoms. The van der Waals surface area contributed by atoms with Gasteiger partial charge in [0.15, 0.2) is 0 Å². The number of hydrogen-bond donors (Lipinski definition) is 4. The van der Waals surface area contributed by atoms with Crippen molar-refractivity contribution in [1.82, 2.24) is 31.4 Å². The lowest BCUT2D eigenvalue weighted by atomic mass is 10.1. The molecule has 9 nitrogen and oxygen atoms in total. The van der Waals surface area contributed by atoms with Crippen LogP contribution in [0.4, 0.5) is 23.2 Å². The summed E-state index contributed by atoms with van der Waals surface area (Å²) < 4.78 is 51.7. The van der Waals surface area contributed by atoms with Gasteiger partial charge in [0, 0.05) is 56.1 Å². The number of rotatable bonds is 11. The van der Waals surface area contributed by atoms with Gasteiger partial charge in [0.05, 0.1) is 12.2 Å². The fourth-order valence-electron chi connectivity index (χ4n) is 5.37. The van der Waals surface area contributed by atoms with Crippen LogP contribution in [0.1, 0.15) is 41.1 Å². The lowest BCUT2D eigenvalue weighted by Gasteiger charge is -2.36. The minimum absolute atomic E-state index is 0.120. The standard InChI is InChI=1S/C29H35F4N7O2/c30-22-7-3-20(4-8-22)24-18-26(24)34-11-1-2-25(28(42)39-16-14-38(15-17-39)19-29(31,32)33)36-27(41)21-5-9-23(10-6-21)40-13-12-35-37-40/h3-10,12-13,24-26,34-35,37H,1-2,11,14-19H2,(H,36,41)/t24-,25-,26+/m0/s1. The molecule has 4 N–H and O–H groups in total. The minimum atomic E-state index is -4.29. The Kier molecular flexibility index (Phi) is 9.29. The number of carbonyl (C=O) groups is 2. The molecule has 13 heteroatoms. The molecule has 2 fully saturated rings. The molecule has 0 spiro atoms. The van der Waals surface area contributed by atoms with Crippen molar-refractivity contribution in [2.45, 2.75) is 43.4 Å². The zero-order chi connectivity index (χ0) is 29.7. The maximum atomic E-state index is 13.5. The SMILES string of the molecule is O=C(N[C@@H](CCCN[C@@H]1C[C@H]1c1ccc(F)cc1)C(=O)N1CCN(CC(F)(F)F)CC1)c1ccc(N2C=CNN2)cc1. The summed E-state index contributed by atoms with van der Waals surface area (Å²) >= 11 is 0. The first kappa shape index (κ1) is 29.8. The Bertz CT molecular complexity index is 1250. The van der Waals surface area contributed by atoms with E-state index in [4.69, 9.17) is 0 Å². The van der Waals surface area contributed by atoms with Crippen molar-refractivity contribution in [1.29, 1.82) is 0 Å². The van der Waals surface area contributed by atoms with Crippen molar-refractivity contribution in [3.63, 3.8) is 0 Å². The molecule has 3 atom stereocenters. The van der Waals surface area contributed by atoms with Crippen LogP contribution < -0.4 is 26.6 Å². The fraction of sp³-hybridized carbons (Fsp3) is 0.448. The second-order valence-electron chi connectivity index (χ2n) is 10.8. The first-order valence-electron chi connectivity index (χ1n) is 14.1. The molecular formula is C29H35F4N7O2. The molecule has 5 rings (SSSR count). The van der Waals surface area contributed by atoms with Gasteiger partial charge in [0.2, 0.25) is 5.91 Å². The quantitative estimate of drug-likeness (QED) is 0.237. The van der Waals surface area contributed by atoms with Gasteiger partial charge < -0.3 is 21.0 Å². The van der Waals surface area contributed by atoms with E-state index in [1.165, 1.54) is 21.9 Å². The highest BCUT2D eigenvalue weighted by Gasteiger charge is 2.38. The predicted molar refractivity (Wildman–Crippen MR) is 149 cm³/mol. The zero-order valence-electron chi connectivity index (χ0n) is 23.0. The van der Waals surface area contributed by atoms with Crippen LogP contribution in [-0.2, 0) is 4.79 Å². The van der Waals surface area contributed by atoms with Gasteiger partial charge in [0.1, 0.15) is 11.9 Å². The molecule has 0 radical (unpaired) electrons. The fourth-order valence-corrected chi connectivity index (χ4v) is 5.37. The van der Waals surface area contributed by atoms with Crippen molar-refractivity contribution >= 4 is 17.5 Å². The van der Waals surface area contributed by atoms with Crippen LogP contribution in [0.3, 0.4) is 0 Å². The maximum Gasteiger partial charge on any atom is 0.401 e. The summed E-state index contributed by atoms with van der Waals surface area (Å²) in [6.07, 6.45) is 1.15. The molecule has 2 aromatic rings. The van der Waals surface area contributed by atoms with Crippen molar-refractivity contribution in [2.24, 2.45) is 0 Å². The number of piperazine rings is 1. The van der Waals surface area contributed by atoms with E-state index in [-0.39, 0.29) is 43.9 Å². The van der Waals surface area contributed by atoms with Crippen LogP contribution in [0.2, 0.25) is 0 Å². The first-order chi connectivity index (χ1) is 20.2. The molecule has 2 heterocycles. The molecule has 1 saturated heterocycles. The van der Waals surface area contributed by atoms with E-state index in [9.17, 15) is 27.2 Å². The zero-order valence-corrected chi connectivity index (χ0v) is 23.0. The summed E-state index contributed by atoms with van der Waals surface area (Å²) in [5, 5.41) is 8.08.